The van der Waals surface area contributed by atoms with Crippen LogP contribution < -0.4 is 10.1 Å². The van der Waals surface area contributed by atoms with Crippen LogP contribution in [0.4, 0.5) is 0 Å². The van der Waals surface area contributed by atoms with Crippen molar-refractivity contribution < 1.29 is 14.3 Å². The summed E-state index contributed by atoms with van der Waals surface area (Å²) in [6, 6.07) is 8.48. The zero-order valence-corrected chi connectivity index (χ0v) is 22.2. The predicted molar refractivity (Wildman–Crippen MR) is 136 cm³/mol. The van der Waals surface area contributed by atoms with Gasteiger partial charge in [0.15, 0.2) is 6.61 Å². The molecule has 0 spiro atoms. The Balaban J connectivity index is 1.76. The largest absolute Gasteiger partial charge is 0.484 e. The van der Waals surface area contributed by atoms with Gasteiger partial charge >= 0.3 is 0 Å². The fourth-order valence-corrected chi connectivity index (χ4v) is 4.58. The van der Waals surface area contributed by atoms with Crippen molar-refractivity contribution in [1.29, 1.82) is 0 Å². The quantitative estimate of drug-likeness (QED) is 0.420. The molecule has 0 unspecified atom stereocenters. The molecule has 178 valence electrons. The van der Waals surface area contributed by atoms with Crippen LogP contribution in [0.15, 0.2) is 34.8 Å². The van der Waals surface area contributed by atoms with E-state index in [1.807, 2.05) is 26.0 Å². The highest BCUT2D eigenvalue weighted by molar-refractivity contribution is 9.10. The van der Waals surface area contributed by atoms with E-state index in [2.05, 4.69) is 21.2 Å². The van der Waals surface area contributed by atoms with Gasteiger partial charge in [-0.3, -0.25) is 9.59 Å². The molecule has 33 heavy (non-hydrogen) atoms. The molecule has 1 atom stereocenters. The molecule has 1 N–H and O–H groups in total. The Kier molecular flexibility index (Phi) is 9.08. The Morgan fingerprint density at radius 1 is 1.12 bits per heavy atom. The molecular formula is C25H29BrCl2N2O3. The number of hydrogen-bond acceptors (Lipinski definition) is 3. The standard InChI is InChI=1S/C25H29BrCl2N2O3/c1-15-10-20(11-16(2)24(15)26)33-14-23(31)30(13-18-8-9-21(27)22(28)12-18)17(3)25(32)29-19-6-4-5-7-19/h8-12,17,19H,4-7,13-14H2,1-3H3,(H,29,32)/t17-/m1/s1. The molecule has 1 fully saturated rings. The number of carbonyl (C=O) groups is 2. The number of rotatable bonds is 8. The molecule has 0 bridgehead atoms. The lowest BCUT2D eigenvalue weighted by Gasteiger charge is -2.29. The van der Waals surface area contributed by atoms with Crippen LogP contribution in [0.5, 0.6) is 5.75 Å². The molecule has 1 aliphatic carbocycles. The van der Waals surface area contributed by atoms with E-state index in [9.17, 15) is 9.59 Å². The smallest absolute Gasteiger partial charge is 0.261 e. The van der Waals surface area contributed by atoms with Crippen molar-refractivity contribution >= 4 is 50.9 Å². The molecule has 1 saturated carbocycles. The first-order valence-corrected chi connectivity index (χ1v) is 12.6. The van der Waals surface area contributed by atoms with Crippen LogP contribution in [0.3, 0.4) is 0 Å². The molecule has 0 radical (unpaired) electrons. The summed E-state index contributed by atoms with van der Waals surface area (Å²) in [4.78, 5) is 27.7. The lowest BCUT2D eigenvalue weighted by molar-refractivity contribution is -0.142. The van der Waals surface area contributed by atoms with E-state index in [0.717, 1.165) is 46.8 Å². The maximum Gasteiger partial charge on any atom is 0.261 e. The normalized spacial score (nSPS) is 14.7. The third-order valence-corrected chi connectivity index (χ3v) is 7.97. The van der Waals surface area contributed by atoms with E-state index < -0.39 is 6.04 Å². The second-order valence-electron chi connectivity index (χ2n) is 8.60. The molecule has 2 aromatic rings. The summed E-state index contributed by atoms with van der Waals surface area (Å²) < 4.78 is 6.83. The fourth-order valence-electron chi connectivity index (χ4n) is 4.03. The number of nitrogens with one attached hydrogen (secondary N) is 1. The molecule has 1 aliphatic rings. The van der Waals surface area contributed by atoms with Gasteiger partial charge in [0.25, 0.3) is 5.91 Å². The second-order valence-corrected chi connectivity index (χ2v) is 10.2. The van der Waals surface area contributed by atoms with Gasteiger partial charge in [-0.25, -0.2) is 0 Å². The van der Waals surface area contributed by atoms with Crippen LogP contribution >= 0.6 is 39.1 Å². The minimum atomic E-state index is -0.662. The average molecular weight is 556 g/mol. The van der Waals surface area contributed by atoms with Crippen LogP contribution in [-0.2, 0) is 16.1 Å². The molecule has 0 aromatic heterocycles. The SMILES string of the molecule is Cc1cc(OCC(=O)N(Cc2ccc(Cl)c(Cl)c2)[C@H](C)C(=O)NC2CCCC2)cc(C)c1Br. The van der Waals surface area contributed by atoms with Crippen LogP contribution in [0.2, 0.25) is 10.0 Å². The third-order valence-electron chi connectivity index (χ3n) is 5.98. The van der Waals surface area contributed by atoms with Crippen molar-refractivity contribution in [3.63, 3.8) is 0 Å². The van der Waals surface area contributed by atoms with Crippen LogP contribution in [0, 0.1) is 13.8 Å². The average Bonchev–Trinajstić information content (AvgIpc) is 3.29. The molecule has 5 nitrogen and oxygen atoms in total. The molecule has 0 saturated heterocycles. The Labute approximate surface area is 213 Å². The van der Waals surface area contributed by atoms with Crippen LogP contribution in [0.1, 0.15) is 49.3 Å². The van der Waals surface area contributed by atoms with Gasteiger partial charge in [0.2, 0.25) is 5.91 Å². The Morgan fingerprint density at radius 3 is 2.36 bits per heavy atom. The molecule has 8 heteroatoms. The van der Waals surface area contributed by atoms with Crippen LogP contribution in [0.25, 0.3) is 0 Å². The van der Waals surface area contributed by atoms with Gasteiger partial charge in [-0.1, -0.05) is 58.0 Å². The van der Waals surface area contributed by atoms with Crippen LogP contribution in [-0.4, -0.2) is 35.4 Å². The summed E-state index contributed by atoms with van der Waals surface area (Å²) in [6.07, 6.45) is 4.19. The number of benzene rings is 2. The lowest BCUT2D eigenvalue weighted by atomic mass is 10.1. The van der Waals surface area contributed by atoms with Crippen molar-refractivity contribution in [2.75, 3.05) is 6.61 Å². The first-order valence-electron chi connectivity index (χ1n) is 11.1. The number of ether oxygens (including phenoxy) is 1. The highest BCUT2D eigenvalue weighted by Gasteiger charge is 2.29. The second kappa shape index (κ2) is 11.6. The zero-order chi connectivity index (χ0) is 24.1. The first kappa shape index (κ1) is 25.9. The number of amides is 2. The molecular weight excluding hydrogens is 527 g/mol. The van der Waals surface area contributed by atoms with E-state index >= 15 is 0 Å². The fraction of sp³-hybridized carbons (Fsp3) is 0.440. The van der Waals surface area contributed by atoms with Gasteiger partial charge in [0.05, 0.1) is 10.0 Å². The topological polar surface area (TPSA) is 58.6 Å². The number of aryl methyl sites for hydroxylation is 2. The van der Waals surface area contributed by atoms with Crippen molar-refractivity contribution in [2.24, 2.45) is 0 Å². The summed E-state index contributed by atoms with van der Waals surface area (Å²) in [5, 5.41) is 3.93. The maximum atomic E-state index is 13.2. The monoisotopic (exact) mass is 554 g/mol. The maximum absolute atomic E-state index is 13.2. The van der Waals surface area contributed by atoms with E-state index in [1.54, 1.807) is 25.1 Å². The molecule has 3 rings (SSSR count). The lowest BCUT2D eigenvalue weighted by Crippen LogP contribution is -2.50. The van der Waals surface area contributed by atoms with Crippen molar-refractivity contribution in [3.8, 4) is 5.75 Å². The zero-order valence-electron chi connectivity index (χ0n) is 19.1. The minimum Gasteiger partial charge on any atom is -0.484 e. The van der Waals surface area contributed by atoms with E-state index in [0.29, 0.717) is 15.8 Å². The van der Waals surface area contributed by atoms with Gasteiger partial charge in [0.1, 0.15) is 11.8 Å². The molecule has 0 heterocycles. The molecule has 2 aromatic carbocycles. The highest BCUT2D eigenvalue weighted by Crippen LogP contribution is 2.27. The van der Waals surface area contributed by atoms with Gasteiger partial charge in [-0.2, -0.15) is 0 Å². The van der Waals surface area contributed by atoms with E-state index in [1.165, 1.54) is 4.90 Å². The number of halogens is 3. The van der Waals surface area contributed by atoms with Gasteiger partial charge in [-0.05, 0) is 74.6 Å². The molecule has 2 amide bonds. The van der Waals surface area contributed by atoms with Crippen molar-refractivity contribution in [3.05, 3.63) is 61.5 Å². The van der Waals surface area contributed by atoms with Crippen molar-refractivity contribution in [2.45, 2.75) is 65.1 Å². The Morgan fingerprint density at radius 2 is 1.76 bits per heavy atom. The summed E-state index contributed by atoms with van der Waals surface area (Å²) in [6.45, 7) is 5.73. The summed E-state index contributed by atoms with van der Waals surface area (Å²) in [5.74, 6) is 0.165. The Bertz CT molecular complexity index is 1000. The summed E-state index contributed by atoms with van der Waals surface area (Å²) in [7, 11) is 0. The first-order chi connectivity index (χ1) is 15.7. The number of hydrogen-bond donors (Lipinski definition) is 1. The predicted octanol–water partition coefficient (Wildman–Crippen LogP) is 6.23. The van der Waals surface area contributed by atoms with Gasteiger partial charge < -0.3 is 15.0 Å². The summed E-state index contributed by atoms with van der Waals surface area (Å²) >= 11 is 15.8. The van der Waals surface area contributed by atoms with E-state index in [-0.39, 0.29) is 31.0 Å². The minimum absolute atomic E-state index is 0.161. The van der Waals surface area contributed by atoms with Gasteiger partial charge in [-0.15, -0.1) is 0 Å². The Hall–Kier alpha value is -1.76. The molecule has 0 aliphatic heterocycles. The number of nitrogens with zero attached hydrogens (tertiary/aromatic N) is 1. The summed E-state index contributed by atoms with van der Waals surface area (Å²) in [5.41, 5.74) is 2.83. The third kappa shape index (κ3) is 6.87. The van der Waals surface area contributed by atoms with E-state index in [4.69, 9.17) is 27.9 Å². The highest BCUT2D eigenvalue weighted by atomic mass is 79.9. The number of carbonyl (C=O) groups excluding carboxylic acids is 2. The van der Waals surface area contributed by atoms with Gasteiger partial charge in [0, 0.05) is 17.1 Å². The van der Waals surface area contributed by atoms with Crippen molar-refractivity contribution in [1.82, 2.24) is 10.2 Å².